The van der Waals surface area contributed by atoms with Crippen LogP contribution in [0.1, 0.15) is 18.1 Å². The minimum Gasteiger partial charge on any atom is -0.464 e. The first-order chi connectivity index (χ1) is 15.9. The van der Waals surface area contributed by atoms with E-state index in [4.69, 9.17) is 4.74 Å². The highest BCUT2D eigenvalue weighted by atomic mass is 16.5. The van der Waals surface area contributed by atoms with Crippen LogP contribution in [-0.4, -0.2) is 36.5 Å². The number of hydrogen-bond acceptors (Lipinski definition) is 4. The Morgan fingerprint density at radius 2 is 1.48 bits per heavy atom. The number of carbonyl (C=O) groups excluding carboxylic acids is 3. The van der Waals surface area contributed by atoms with Crippen LogP contribution >= 0.6 is 0 Å². The first-order valence-corrected chi connectivity index (χ1v) is 10.7. The predicted molar refractivity (Wildman–Crippen MR) is 129 cm³/mol. The average molecular weight is 447 g/mol. The number of ether oxygens (including phenoxy) is 1. The van der Waals surface area contributed by atoms with Crippen molar-refractivity contribution in [2.45, 2.75) is 31.8 Å². The number of amides is 2. The molecule has 2 rings (SSSR count). The monoisotopic (exact) mass is 446 g/mol. The second-order valence-corrected chi connectivity index (χ2v) is 7.48. The third-order valence-electron chi connectivity index (χ3n) is 4.84. The Morgan fingerprint density at radius 3 is 2.00 bits per heavy atom. The number of benzene rings is 2. The predicted octanol–water partition coefficient (Wildman–Crippen LogP) is 3.30. The van der Waals surface area contributed by atoms with Crippen molar-refractivity contribution in [3.05, 3.63) is 109 Å². The molecular formula is C27H30N2O4. The summed E-state index contributed by atoms with van der Waals surface area (Å²) in [5, 5.41) is 5.73. The fraction of sp³-hybridized carbons (Fsp3) is 0.222. The molecule has 2 aromatic rings. The second-order valence-electron chi connectivity index (χ2n) is 7.48. The van der Waals surface area contributed by atoms with Crippen LogP contribution in [0.15, 0.2) is 97.6 Å². The van der Waals surface area contributed by atoms with Gasteiger partial charge in [0.15, 0.2) is 0 Å². The van der Waals surface area contributed by atoms with Gasteiger partial charge in [-0.15, -0.1) is 0 Å². The van der Waals surface area contributed by atoms with Crippen molar-refractivity contribution in [3.63, 3.8) is 0 Å². The number of esters is 1. The molecule has 33 heavy (non-hydrogen) atoms. The van der Waals surface area contributed by atoms with Crippen LogP contribution in [0.2, 0.25) is 0 Å². The summed E-state index contributed by atoms with van der Waals surface area (Å²) in [6.07, 6.45) is 5.19. The van der Waals surface area contributed by atoms with E-state index in [-0.39, 0.29) is 12.5 Å². The molecule has 0 fully saturated rings. The highest BCUT2D eigenvalue weighted by Crippen LogP contribution is 2.08. The van der Waals surface area contributed by atoms with E-state index in [0.29, 0.717) is 18.4 Å². The summed E-state index contributed by atoms with van der Waals surface area (Å²) in [7, 11) is 0. The molecule has 0 heterocycles. The smallest absolute Gasteiger partial charge is 0.302 e. The molecule has 0 spiro atoms. The van der Waals surface area contributed by atoms with Gasteiger partial charge in [0.1, 0.15) is 12.6 Å². The molecule has 6 heteroatoms. The quantitative estimate of drug-likeness (QED) is 0.298. The number of carbonyl (C=O) groups is 3. The Labute approximate surface area is 195 Å². The van der Waals surface area contributed by atoms with Crippen molar-refractivity contribution in [1.82, 2.24) is 10.6 Å². The van der Waals surface area contributed by atoms with E-state index in [2.05, 4.69) is 23.8 Å². The number of nitrogens with one attached hydrogen (secondary N) is 2. The molecule has 2 amide bonds. The average Bonchev–Trinajstić information content (AvgIpc) is 2.81. The third kappa shape index (κ3) is 8.99. The van der Waals surface area contributed by atoms with Gasteiger partial charge < -0.3 is 15.4 Å². The molecule has 0 aromatic heterocycles. The van der Waals surface area contributed by atoms with Crippen LogP contribution in [0.25, 0.3) is 0 Å². The summed E-state index contributed by atoms with van der Waals surface area (Å²) in [5.74, 6) is -1.23. The molecule has 0 saturated heterocycles. The summed E-state index contributed by atoms with van der Waals surface area (Å²) in [6.45, 7) is 8.59. The van der Waals surface area contributed by atoms with Gasteiger partial charge in [-0.3, -0.25) is 14.4 Å². The van der Waals surface area contributed by atoms with Crippen LogP contribution in [-0.2, 0) is 32.0 Å². The van der Waals surface area contributed by atoms with Gasteiger partial charge in [0.25, 0.3) is 5.91 Å². The molecule has 0 aliphatic heterocycles. The van der Waals surface area contributed by atoms with Crippen LogP contribution in [0.5, 0.6) is 0 Å². The van der Waals surface area contributed by atoms with Gasteiger partial charge in [-0.05, 0) is 17.5 Å². The third-order valence-corrected chi connectivity index (χ3v) is 4.84. The van der Waals surface area contributed by atoms with Gasteiger partial charge in [0.05, 0.1) is 6.04 Å². The summed E-state index contributed by atoms with van der Waals surface area (Å²) in [5.41, 5.74) is 2.18. The number of allylic oxidation sites excluding steroid dienone is 2. The van der Waals surface area contributed by atoms with E-state index in [9.17, 15) is 14.4 Å². The lowest BCUT2D eigenvalue weighted by atomic mass is 10.0. The maximum absolute atomic E-state index is 13.3. The molecular weight excluding hydrogens is 416 g/mol. The van der Waals surface area contributed by atoms with Gasteiger partial charge in [-0.25, -0.2) is 0 Å². The molecule has 2 unspecified atom stereocenters. The Morgan fingerprint density at radius 1 is 0.909 bits per heavy atom. The van der Waals surface area contributed by atoms with Gasteiger partial charge >= 0.3 is 5.97 Å². The normalized spacial score (nSPS) is 12.7. The fourth-order valence-electron chi connectivity index (χ4n) is 3.23. The molecule has 0 aliphatic rings. The minimum atomic E-state index is -0.844. The van der Waals surface area contributed by atoms with Crippen molar-refractivity contribution in [3.8, 4) is 0 Å². The standard InChI is InChI=1S/C27H30N2O4/c1-4-12-23(5-2)26(31)29-25(18-22-15-10-7-11-16-22)27(32)28-24(19-33-20(3)30)17-21-13-8-6-9-14-21/h4-16,24-25H,1-2,17-19H2,3H3,(H,28,32)(H,29,31)/b23-12+. The molecule has 0 saturated carbocycles. The lowest BCUT2D eigenvalue weighted by molar-refractivity contribution is -0.142. The van der Waals surface area contributed by atoms with Gasteiger partial charge in [-0.2, -0.15) is 0 Å². The second kappa shape index (κ2) is 13.5. The van der Waals surface area contributed by atoms with Crippen molar-refractivity contribution < 1.29 is 19.1 Å². The summed E-state index contributed by atoms with van der Waals surface area (Å²) in [6, 6.07) is 17.7. The Kier molecular flexibility index (Phi) is 10.3. The van der Waals surface area contributed by atoms with Crippen molar-refractivity contribution in [1.29, 1.82) is 0 Å². The first-order valence-electron chi connectivity index (χ1n) is 10.7. The SMILES string of the molecule is C=C/C=C(\C=C)C(=O)NC(Cc1ccccc1)C(=O)NC(COC(C)=O)Cc1ccccc1. The number of rotatable bonds is 12. The summed E-state index contributed by atoms with van der Waals surface area (Å²) in [4.78, 5) is 37.3. The fourth-order valence-corrected chi connectivity index (χ4v) is 3.23. The molecule has 0 aliphatic carbocycles. The van der Waals surface area contributed by atoms with E-state index in [1.807, 2.05) is 60.7 Å². The molecule has 2 N–H and O–H groups in total. The number of hydrogen-bond donors (Lipinski definition) is 2. The highest BCUT2D eigenvalue weighted by Gasteiger charge is 2.25. The Hall–Kier alpha value is -3.93. The van der Waals surface area contributed by atoms with Gasteiger partial charge in [0.2, 0.25) is 5.91 Å². The largest absolute Gasteiger partial charge is 0.464 e. The molecule has 2 atom stereocenters. The molecule has 6 nitrogen and oxygen atoms in total. The van der Waals surface area contributed by atoms with E-state index >= 15 is 0 Å². The Balaban J connectivity index is 2.22. The van der Waals surface area contributed by atoms with E-state index in [1.54, 1.807) is 0 Å². The van der Waals surface area contributed by atoms with E-state index in [1.165, 1.54) is 25.2 Å². The van der Waals surface area contributed by atoms with Crippen molar-refractivity contribution >= 4 is 17.8 Å². The molecule has 2 aromatic carbocycles. The van der Waals surface area contributed by atoms with Crippen molar-refractivity contribution in [2.24, 2.45) is 0 Å². The maximum atomic E-state index is 13.3. The molecule has 0 bridgehead atoms. The molecule has 172 valence electrons. The van der Waals surface area contributed by atoms with Crippen molar-refractivity contribution in [2.75, 3.05) is 6.61 Å². The molecule has 0 radical (unpaired) electrons. The van der Waals surface area contributed by atoms with Gasteiger partial charge in [-0.1, -0.05) is 92.0 Å². The zero-order valence-electron chi connectivity index (χ0n) is 18.8. The van der Waals surface area contributed by atoms with Crippen LogP contribution in [0, 0.1) is 0 Å². The summed E-state index contributed by atoms with van der Waals surface area (Å²) < 4.78 is 5.17. The summed E-state index contributed by atoms with van der Waals surface area (Å²) >= 11 is 0. The van der Waals surface area contributed by atoms with Crippen LogP contribution in [0.3, 0.4) is 0 Å². The van der Waals surface area contributed by atoms with E-state index in [0.717, 1.165) is 11.1 Å². The maximum Gasteiger partial charge on any atom is 0.302 e. The zero-order valence-corrected chi connectivity index (χ0v) is 18.8. The lowest BCUT2D eigenvalue weighted by Gasteiger charge is -2.24. The van der Waals surface area contributed by atoms with E-state index < -0.39 is 24.0 Å². The highest BCUT2D eigenvalue weighted by molar-refractivity contribution is 5.99. The topological polar surface area (TPSA) is 84.5 Å². The van der Waals surface area contributed by atoms with Crippen LogP contribution in [0.4, 0.5) is 0 Å². The minimum absolute atomic E-state index is 0.0241. The lowest BCUT2D eigenvalue weighted by Crippen LogP contribution is -2.52. The van der Waals surface area contributed by atoms with Gasteiger partial charge in [0, 0.05) is 18.9 Å². The first kappa shape index (κ1) is 25.3. The zero-order chi connectivity index (χ0) is 24.1. The Bertz CT molecular complexity index is 984. The van der Waals surface area contributed by atoms with Crippen LogP contribution < -0.4 is 10.6 Å².